The van der Waals surface area contributed by atoms with Crippen LogP contribution in [0.2, 0.25) is 0 Å². The van der Waals surface area contributed by atoms with E-state index in [4.69, 9.17) is 4.74 Å². The summed E-state index contributed by atoms with van der Waals surface area (Å²) in [6, 6.07) is 28.2. The molecule has 0 aromatic heterocycles. The van der Waals surface area contributed by atoms with Crippen molar-refractivity contribution in [3.63, 3.8) is 0 Å². The summed E-state index contributed by atoms with van der Waals surface area (Å²) < 4.78 is 5.24. The second-order valence-electron chi connectivity index (χ2n) is 6.90. The van der Waals surface area contributed by atoms with Crippen molar-refractivity contribution in [2.24, 2.45) is 0 Å². The van der Waals surface area contributed by atoms with Gasteiger partial charge in [-0.15, -0.1) is 0 Å². The van der Waals surface area contributed by atoms with E-state index in [0.29, 0.717) is 6.54 Å². The van der Waals surface area contributed by atoms with Crippen molar-refractivity contribution in [3.05, 3.63) is 108 Å². The number of rotatable bonds is 6. The van der Waals surface area contributed by atoms with E-state index in [-0.39, 0.29) is 11.9 Å². The molecule has 0 saturated heterocycles. The molecule has 3 heteroatoms. The summed E-state index contributed by atoms with van der Waals surface area (Å²) in [4.78, 5) is 15.3. The van der Waals surface area contributed by atoms with Crippen LogP contribution in [0.25, 0.3) is 5.57 Å². The van der Waals surface area contributed by atoms with Gasteiger partial charge in [-0.1, -0.05) is 72.8 Å². The van der Waals surface area contributed by atoms with Crippen LogP contribution in [-0.2, 0) is 11.2 Å². The number of hydrogen-bond donors (Lipinski definition) is 0. The fourth-order valence-corrected chi connectivity index (χ4v) is 3.65. The molecule has 0 aliphatic carbocycles. The highest BCUT2D eigenvalue weighted by atomic mass is 16.5. The fourth-order valence-electron chi connectivity index (χ4n) is 3.65. The van der Waals surface area contributed by atoms with Gasteiger partial charge in [0.25, 0.3) is 5.91 Å². The van der Waals surface area contributed by atoms with Gasteiger partial charge >= 0.3 is 0 Å². The van der Waals surface area contributed by atoms with E-state index in [0.717, 1.165) is 28.9 Å². The predicted octanol–water partition coefficient (Wildman–Crippen LogP) is 4.90. The second kappa shape index (κ2) is 8.13. The molecule has 1 atom stereocenters. The number of amides is 1. The maximum atomic E-state index is 13.3. The fraction of sp³-hybridized carbons (Fsp3) is 0.160. The first-order valence-corrected chi connectivity index (χ1v) is 9.52. The summed E-state index contributed by atoms with van der Waals surface area (Å²) in [5.74, 6) is 0.866. The lowest BCUT2D eigenvalue weighted by Crippen LogP contribution is -2.31. The van der Waals surface area contributed by atoms with Gasteiger partial charge in [0.05, 0.1) is 13.2 Å². The lowest BCUT2D eigenvalue weighted by atomic mass is 10.0. The highest BCUT2D eigenvalue weighted by molar-refractivity contribution is 6.21. The minimum absolute atomic E-state index is 0.0467. The Labute approximate surface area is 165 Å². The minimum atomic E-state index is -0.0467. The number of benzene rings is 3. The summed E-state index contributed by atoms with van der Waals surface area (Å²) in [6.07, 6.45) is 2.92. The summed E-state index contributed by atoms with van der Waals surface area (Å²) >= 11 is 0. The second-order valence-corrected chi connectivity index (χ2v) is 6.90. The topological polar surface area (TPSA) is 29.5 Å². The Bertz CT molecular complexity index is 962. The molecule has 1 aliphatic rings. The summed E-state index contributed by atoms with van der Waals surface area (Å²) in [7, 11) is 1.64. The molecule has 0 spiro atoms. The molecule has 3 nitrogen and oxygen atoms in total. The molecule has 1 unspecified atom stereocenters. The zero-order valence-electron chi connectivity index (χ0n) is 15.9. The van der Waals surface area contributed by atoms with Gasteiger partial charge in [0, 0.05) is 12.1 Å². The Balaban J connectivity index is 1.63. The first kappa shape index (κ1) is 18.1. The zero-order chi connectivity index (χ0) is 19.3. The van der Waals surface area contributed by atoms with Gasteiger partial charge in [0.15, 0.2) is 0 Å². The highest BCUT2D eigenvalue weighted by Gasteiger charge is 2.33. The molecule has 4 rings (SSSR count). The van der Waals surface area contributed by atoms with Crippen LogP contribution in [0.1, 0.15) is 22.7 Å². The molecule has 140 valence electrons. The highest BCUT2D eigenvalue weighted by Crippen LogP contribution is 2.36. The third-order valence-electron chi connectivity index (χ3n) is 5.18. The van der Waals surface area contributed by atoms with Crippen LogP contribution in [0.5, 0.6) is 5.75 Å². The molecule has 0 fully saturated rings. The minimum Gasteiger partial charge on any atom is -0.497 e. The first-order chi connectivity index (χ1) is 13.8. The Morgan fingerprint density at radius 3 is 2.14 bits per heavy atom. The van der Waals surface area contributed by atoms with Crippen LogP contribution in [0.15, 0.2) is 91.0 Å². The zero-order valence-corrected chi connectivity index (χ0v) is 15.9. The van der Waals surface area contributed by atoms with E-state index in [1.807, 2.05) is 65.6 Å². The molecular weight excluding hydrogens is 346 g/mol. The third-order valence-corrected chi connectivity index (χ3v) is 5.18. The summed E-state index contributed by atoms with van der Waals surface area (Å²) in [5.41, 5.74) is 4.05. The molecule has 3 aromatic carbocycles. The summed E-state index contributed by atoms with van der Waals surface area (Å²) in [5, 5.41) is 0. The van der Waals surface area contributed by atoms with Gasteiger partial charge in [-0.25, -0.2) is 0 Å². The molecule has 1 heterocycles. The van der Waals surface area contributed by atoms with Crippen LogP contribution >= 0.6 is 0 Å². The number of carbonyl (C=O) groups excluding carboxylic acids is 1. The average Bonchev–Trinajstić information content (AvgIpc) is 3.10. The number of nitrogens with zero attached hydrogens (tertiary/aromatic N) is 1. The van der Waals surface area contributed by atoms with Gasteiger partial charge in [0.1, 0.15) is 5.75 Å². The van der Waals surface area contributed by atoms with Crippen molar-refractivity contribution in [1.29, 1.82) is 0 Å². The van der Waals surface area contributed by atoms with Crippen molar-refractivity contribution in [2.75, 3.05) is 13.7 Å². The standard InChI is InChI=1S/C25H23NO2/c1-28-22-14-12-20(13-15-22)23-18-24(21-10-6-3-7-11-21)26(25(23)27)17-16-19-8-4-2-5-9-19/h2-15,18,24H,16-17H2,1H3. The molecule has 1 amide bonds. The Kier molecular flexibility index (Phi) is 5.24. The van der Waals surface area contributed by atoms with Gasteiger partial charge in [-0.3, -0.25) is 4.79 Å². The van der Waals surface area contributed by atoms with Crippen molar-refractivity contribution >= 4 is 11.5 Å². The molecule has 1 aliphatic heterocycles. The molecule has 0 bridgehead atoms. The molecule has 0 N–H and O–H groups in total. The lowest BCUT2D eigenvalue weighted by molar-refractivity contribution is -0.125. The van der Waals surface area contributed by atoms with Crippen LogP contribution in [0.3, 0.4) is 0 Å². The molecular formula is C25H23NO2. The van der Waals surface area contributed by atoms with E-state index in [2.05, 4.69) is 30.3 Å². The Morgan fingerprint density at radius 2 is 1.50 bits per heavy atom. The van der Waals surface area contributed by atoms with Crippen molar-refractivity contribution in [1.82, 2.24) is 4.90 Å². The average molecular weight is 369 g/mol. The van der Waals surface area contributed by atoms with E-state index >= 15 is 0 Å². The van der Waals surface area contributed by atoms with Crippen LogP contribution in [-0.4, -0.2) is 24.5 Å². The quantitative estimate of drug-likeness (QED) is 0.618. The Hall–Kier alpha value is -3.33. The maximum absolute atomic E-state index is 13.3. The van der Waals surface area contributed by atoms with E-state index in [1.54, 1.807) is 7.11 Å². The third kappa shape index (κ3) is 3.70. The predicted molar refractivity (Wildman–Crippen MR) is 112 cm³/mol. The number of methoxy groups -OCH3 is 1. The monoisotopic (exact) mass is 369 g/mol. The normalized spacial score (nSPS) is 16.2. The van der Waals surface area contributed by atoms with Gasteiger partial charge in [0.2, 0.25) is 0 Å². The van der Waals surface area contributed by atoms with Crippen molar-refractivity contribution in [2.45, 2.75) is 12.5 Å². The van der Waals surface area contributed by atoms with Crippen LogP contribution in [0, 0.1) is 0 Å². The Morgan fingerprint density at radius 1 is 0.857 bits per heavy atom. The molecule has 28 heavy (non-hydrogen) atoms. The van der Waals surface area contributed by atoms with Crippen LogP contribution in [0.4, 0.5) is 0 Å². The number of carbonyl (C=O) groups is 1. The van der Waals surface area contributed by atoms with Crippen LogP contribution < -0.4 is 4.74 Å². The van der Waals surface area contributed by atoms with Crippen molar-refractivity contribution in [3.8, 4) is 5.75 Å². The van der Waals surface area contributed by atoms with E-state index in [9.17, 15) is 4.79 Å². The van der Waals surface area contributed by atoms with E-state index < -0.39 is 0 Å². The smallest absolute Gasteiger partial charge is 0.255 e. The molecule has 0 saturated carbocycles. The largest absolute Gasteiger partial charge is 0.497 e. The van der Waals surface area contributed by atoms with Crippen molar-refractivity contribution < 1.29 is 9.53 Å². The molecule has 0 radical (unpaired) electrons. The molecule has 3 aromatic rings. The van der Waals surface area contributed by atoms with Gasteiger partial charge in [-0.05, 0) is 41.3 Å². The summed E-state index contributed by atoms with van der Waals surface area (Å²) in [6.45, 7) is 0.679. The lowest BCUT2D eigenvalue weighted by Gasteiger charge is -2.25. The maximum Gasteiger partial charge on any atom is 0.255 e. The van der Waals surface area contributed by atoms with Gasteiger partial charge < -0.3 is 9.64 Å². The first-order valence-electron chi connectivity index (χ1n) is 9.52. The number of hydrogen-bond acceptors (Lipinski definition) is 2. The number of ether oxygens (including phenoxy) is 1. The SMILES string of the molecule is COc1ccc(C2=CC(c3ccccc3)N(CCc3ccccc3)C2=O)cc1. The van der Waals surface area contributed by atoms with Gasteiger partial charge in [-0.2, -0.15) is 0 Å². The van der Waals surface area contributed by atoms with E-state index in [1.165, 1.54) is 5.56 Å².